The smallest absolute Gasteiger partial charge is 0.237 e. The summed E-state index contributed by atoms with van der Waals surface area (Å²) in [7, 11) is 0. The minimum absolute atomic E-state index is 0.154. The highest BCUT2D eigenvalue weighted by atomic mass is 16.2. The Hall–Kier alpha value is -0.570. The van der Waals surface area contributed by atoms with Crippen LogP contribution >= 0.6 is 0 Å². The fourth-order valence-corrected chi connectivity index (χ4v) is 3.52. The average molecular weight is 252 g/mol. The second-order valence-electron chi connectivity index (χ2n) is 7.22. The third kappa shape index (κ3) is 3.71. The maximum absolute atomic E-state index is 11.9. The average Bonchev–Trinajstić information content (AvgIpc) is 2.21. The molecule has 0 bridgehead atoms. The molecule has 2 unspecified atom stereocenters. The summed E-state index contributed by atoms with van der Waals surface area (Å²) in [5.74, 6) is 1.02. The Bertz CT molecular complexity index is 295. The Morgan fingerprint density at radius 2 is 2.00 bits per heavy atom. The van der Waals surface area contributed by atoms with Crippen molar-refractivity contribution in [2.75, 3.05) is 19.6 Å². The van der Waals surface area contributed by atoms with Crippen molar-refractivity contribution in [1.82, 2.24) is 10.2 Å². The Kier molecular flexibility index (Phi) is 4.31. The molecule has 3 heteroatoms. The van der Waals surface area contributed by atoms with Crippen LogP contribution in [0.4, 0.5) is 0 Å². The zero-order valence-corrected chi connectivity index (χ0v) is 12.2. The summed E-state index contributed by atoms with van der Waals surface area (Å²) in [6.07, 6.45) is 6.15. The molecule has 2 aliphatic rings. The number of amides is 1. The molecule has 104 valence electrons. The molecule has 0 spiro atoms. The number of carbonyl (C=O) groups is 1. The molecular formula is C15H28N2O. The van der Waals surface area contributed by atoms with Crippen LogP contribution in [0.1, 0.15) is 52.9 Å². The molecule has 2 saturated heterocycles. The Morgan fingerprint density at radius 1 is 1.28 bits per heavy atom. The standard InChI is InChI=1S/C15H28N2O/c1-15(2,3)10-12-6-4-5-7-13-14(18)16-8-9-17(13)11-12/h12-13H,4-11H2,1-3H3,(H,16,18). The monoisotopic (exact) mass is 252 g/mol. The summed E-state index contributed by atoms with van der Waals surface area (Å²) in [5.41, 5.74) is 0.400. The minimum atomic E-state index is 0.154. The third-order valence-electron chi connectivity index (χ3n) is 4.18. The van der Waals surface area contributed by atoms with Gasteiger partial charge < -0.3 is 5.32 Å². The Labute approximate surface area is 111 Å². The van der Waals surface area contributed by atoms with Crippen molar-refractivity contribution in [2.45, 2.75) is 58.9 Å². The highest BCUT2D eigenvalue weighted by Gasteiger charge is 2.32. The molecule has 18 heavy (non-hydrogen) atoms. The van der Waals surface area contributed by atoms with Crippen LogP contribution in [0.25, 0.3) is 0 Å². The van der Waals surface area contributed by atoms with E-state index in [1.165, 1.54) is 25.7 Å². The first kappa shape index (κ1) is 13.9. The predicted octanol–water partition coefficient (Wildman–Crippen LogP) is 2.41. The van der Waals surface area contributed by atoms with Crippen molar-refractivity contribution in [2.24, 2.45) is 11.3 Å². The zero-order valence-electron chi connectivity index (χ0n) is 12.2. The first-order valence-corrected chi connectivity index (χ1v) is 7.47. The number of fused-ring (bicyclic) bond motifs is 1. The fraction of sp³-hybridized carbons (Fsp3) is 0.933. The quantitative estimate of drug-likeness (QED) is 0.777. The van der Waals surface area contributed by atoms with Gasteiger partial charge in [-0.15, -0.1) is 0 Å². The molecule has 2 heterocycles. The second-order valence-corrected chi connectivity index (χ2v) is 7.22. The van der Waals surface area contributed by atoms with E-state index in [9.17, 15) is 4.79 Å². The van der Waals surface area contributed by atoms with Crippen molar-refractivity contribution in [3.63, 3.8) is 0 Å². The first-order chi connectivity index (χ1) is 8.46. The summed E-state index contributed by atoms with van der Waals surface area (Å²) in [6.45, 7) is 9.97. The highest BCUT2D eigenvalue weighted by Crippen LogP contribution is 2.31. The van der Waals surface area contributed by atoms with Crippen LogP contribution < -0.4 is 5.32 Å². The minimum Gasteiger partial charge on any atom is -0.353 e. The van der Waals surface area contributed by atoms with Crippen molar-refractivity contribution < 1.29 is 4.79 Å². The molecule has 0 aromatic carbocycles. The number of rotatable bonds is 1. The summed E-state index contributed by atoms with van der Waals surface area (Å²) < 4.78 is 0. The number of hydrogen-bond acceptors (Lipinski definition) is 2. The molecule has 0 saturated carbocycles. The van der Waals surface area contributed by atoms with Crippen LogP contribution in [0.3, 0.4) is 0 Å². The van der Waals surface area contributed by atoms with Gasteiger partial charge in [-0.2, -0.15) is 0 Å². The Balaban J connectivity index is 2.00. The van der Waals surface area contributed by atoms with Gasteiger partial charge in [0.25, 0.3) is 0 Å². The maximum atomic E-state index is 11.9. The van der Waals surface area contributed by atoms with Gasteiger partial charge >= 0.3 is 0 Å². The molecule has 1 N–H and O–H groups in total. The van der Waals surface area contributed by atoms with Crippen molar-refractivity contribution in [1.29, 1.82) is 0 Å². The van der Waals surface area contributed by atoms with E-state index in [1.54, 1.807) is 0 Å². The van der Waals surface area contributed by atoms with E-state index >= 15 is 0 Å². The van der Waals surface area contributed by atoms with Crippen LogP contribution in [-0.2, 0) is 4.79 Å². The van der Waals surface area contributed by atoms with Crippen molar-refractivity contribution in [3.05, 3.63) is 0 Å². The summed E-state index contributed by atoms with van der Waals surface area (Å²) in [4.78, 5) is 14.4. The SMILES string of the molecule is CC(C)(C)CC1CCCCC2C(=O)NCCN2C1. The predicted molar refractivity (Wildman–Crippen MR) is 74.4 cm³/mol. The van der Waals surface area contributed by atoms with E-state index in [4.69, 9.17) is 0 Å². The summed E-state index contributed by atoms with van der Waals surface area (Å²) in [6, 6.07) is 0.154. The third-order valence-corrected chi connectivity index (χ3v) is 4.18. The molecule has 2 atom stereocenters. The van der Waals surface area contributed by atoms with E-state index in [2.05, 4.69) is 31.0 Å². The largest absolute Gasteiger partial charge is 0.353 e. The lowest BCUT2D eigenvalue weighted by molar-refractivity contribution is -0.130. The molecule has 2 aliphatic heterocycles. The maximum Gasteiger partial charge on any atom is 0.237 e. The molecule has 0 aromatic heterocycles. The van der Waals surface area contributed by atoms with E-state index in [1.807, 2.05) is 0 Å². The van der Waals surface area contributed by atoms with Gasteiger partial charge in [-0.05, 0) is 30.6 Å². The lowest BCUT2D eigenvalue weighted by Gasteiger charge is -2.40. The zero-order chi connectivity index (χ0) is 13.2. The normalized spacial score (nSPS) is 31.2. The number of carbonyl (C=O) groups excluding carboxylic acids is 1. The van der Waals surface area contributed by atoms with E-state index in [-0.39, 0.29) is 11.9 Å². The molecule has 0 aliphatic carbocycles. The lowest BCUT2D eigenvalue weighted by atomic mass is 9.81. The fourth-order valence-electron chi connectivity index (χ4n) is 3.52. The number of hydrogen-bond donors (Lipinski definition) is 1. The topological polar surface area (TPSA) is 32.3 Å². The van der Waals surface area contributed by atoms with Crippen LogP contribution in [0.5, 0.6) is 0 Å². The second kappa shape index (κ2) is 5.60. The number of piperazine rings is 1. The van der Waals surface area contributed by atoms with Gasteiger partial charge in [-0.3, -0.25) is 9.69 Å². The van der Waals surface area contributed by atoms with Gasteiger partial charge in [0, 0.05) is 19.6 Å². The van der Waals surface area contributed by atoms with Crippen LogP contribution in [0.15, 0.2) is 0 Å². The van der Waals surface area contributed by atoms with E-state index < -0.39 is 0 Å². The van der Waals surface area contributed by atoms with Gasteiger partial charge in [0.05, 0.1) is 6.04 Å². The molecule has 0 aromatic rings. The number of nitrogens with one attached hydrogen (secondary N) is 1. The molecule has 3 nitrogen and oxygen atoms in total. The molecule has 1 amide bonds. The molecular weight excluding hydrogens is 224 g/mol. The van der Waals surface area contributed by atoms with Crippen LogP contribution in [0.2, 0.25) is 0 Å². The Morgan fingerprint density at radius 3 is 2.72 bits per heavy atom. The summed E-state index contributed by atoms with van der Waals surface area (Å²) in [5, 5.41) is 3.01. The first-order valence-electron chi connectivity index (χ1n) is 7.47. The molecule has 0 radical (unpaired) electrons. The summed E-state index contributed by atoms with van der Waals surface area (Å²) >= 11 is 0. The lowest BCUT2D eigenvalue weighted by Crippen LogP contribution is -2.56. The van der Waals surface area contributed by atoms with Gasteiger partial charge in [-0.25, -0.2) is 0 Å². The highest BCUT2D eigenvalue weighted by molar-refractivity contribution is 5.82. The van der Waals surface area contributed by atoms with Crippen LogP contribution in [-0.4, -0.2) is 36.5 Å². The van der Waals surface area contributed by atoms with E-state index in [0.717, 1.165) is 32.0 Å². The van der Waals surface area contributed by atoms with Crippen molar-refractivity contribution in [3.8, 4) is 0 Å². The van der Waals surface area contributed by atoms with Crippen molar-refractivity contribution >= 4 is 5.91 Å². The molecule has 2 fully saturated rings. The van der Waals surface area contributed by atoms with Gasteiger partial charge in [0.1, 0.15) is 0 Å². The van der Waals surface area contributed by atoms with Gasteiger partial charge in [0.15, 0.2) is 0 Å². The van der Waals surface area contributed by atoms with Gasteiger partial charge in [-0.1, -0.05) is 33.6 Å². The number of nitrogens with zero attached hydrogens (tertiary/aromatic N) is 1. The molecule has 2 rings (SSSR count). The van der Waals surface area contributed by atoms with Crippen LogP contribution in [0, 0.1) is 11.3 Å². The van der Waals surface area contributed by atoms with Gasteiger partial charge in [0.2, 0.25) is 5.91 Å². The van der Waals surface area contributed by atoms with E-state index in [0.29, 0.717) is 5.41 Å².